The lowest BCUT2D eigenvalue weighted by molar-refractivity contribution is 0.00871. The van der Waals surface area contributed by atoms with Crippen LogP contribution in [0.5, 0.6) is 0 Å². The van der Waals surface area contributed by atoms with Gasteiger partial charge in [-0.1, -0.05) is 24.3 Å². The lowest BCUT2D eigenvalue weighted by Crippen LogP contribution is -2.48. The summed E-state index contributed by atoms with van der Waals surface area (Å²) < 4.78 is 5.58. The standard InChI is InChI=1S/C22H28N4O/c1-2-5-19-18(4-1)20(25-14-16-27-17-15-25)6-7-22(19)8-12-26(13-9-22)21-23-10-3-11-24-21/h1-5,10-11,20H,6-9,12-17H2. The van der Waals surface area contributed by atoms with Crippen molar-refractivity contribution in [1.29, 1.82) is 0 Å². The average molecular weight is 364 g/mol. The fourth-order valence-corrected chi connectivity index (χ4v) is 5.35. The van der Waals surface area contributed by atoms with Crippen molar-refractivity contribution < 1.29 is 4.74 Å². The summed E-state index contributed by atoms with van der Waals surface area (Å²) in [5.41, 5.74) is 3.49. The Morgan fingerprint density at radius 2 is 1.63 bits per heavy atom. The predicted octanol–water partition coefficient (Wildman–Crippen LogP) is 3.18. The zero-order valence-corrected chi connectivity index (χ0v) is 15.9. The summed E-state index contributed by atoms with van der Waals surface area (Å²) >= 11 is 0. The van der Waals surface area contributed by atoms with E-state index in [9.17, 15) is 0 Å². The number of nitrogens with zero attached hydrogens (tertiary/aromatic N) is 4. The summed E-state index contributed by atoms with van der Waals surface area (Å²) in [6.07, 6.45) is 8.62. The van der Waals surface area contributed by atoms with Gasteiger partial charge in [-0.2, -0.15) is 0 Å². The number of hydrogen-bond acceptors (Lipinski definition) is 5. The summed E-state index contributed by atoms with van der Waals surface area (Å²) in [6.45, 7) is 5.95. The lowest BCUT2D eigenvalue weighted by atomic mass is 9.63. The number of anilines is 1. The zero-order valence-electron chi connectivity index (χ0n) is 15.9. The molecule has 5 rings (SSSR count). The lowest BCUT2D eigenvalue weighted by Gasteiger charge is -2.49. The first-order chi connectivity index (χ1) is 13.4. The number of ether oxygens (including phenoxy) is 1. The molecule has 0 bridgehead atoms. The van der Waals surface area contributed by atoms with E-state index in [4.69, 9.17) is 4.74 Å². The second-order valence-corrected chi connectivity index (χ2v) is 8.11. The number of rotatable bonds is 2. The van der Waals surface area contributed by atoms with Crippen LogP contribution in [0.15, 0.2) is 42.7 Å². The van der Waals surface area contributed by atoms with Crippen LogP contribution in [0.3, 0.4) is 0 Å². The van der Waals surface area contributed by atoms with Crippen LogP contribution in [0.1, 0.15) is 42.9 Å². The van der Waals surface area contributed by atoms with E-state index >= 15 is 0 Å². The minimum atomic E-state index is 0.324. The van der Waals surface area contributed by atoms with Crippen molar-refractivity contribution >= 4 is 5.95 Å². The van der Waals surface area contributed by atoms with E-state index in [2.05, 4.69) is 44.0 Å². The van der Waals surface area contributed by atoms with Gasteiger partial charge in [-0.15, -0.1) is 0 Å². The number of benzene rings is 1. The van der Waals surface area contributed by atoms with Crippen LogP contribution in [0.25, 0.3) is 0 Å². The smallest absolute Gasteiger partial charge is 0.225 e. The Labute approximate surface area is 161 Å². The first-order valence-electron chi connectivity index (χ1n) is 10.3. The number of morpholine rings is 1. The van der Waals surface area contributed by atoms with Gasteiger partial charge < -0.3 is 9.64 Å². The van der Waals surface area contributed by atoms with Crippen molar-refractivity contribution in [2.45, 2.75) is 37.1 Å². The Bertz CT molecular complexity index is 767. The van der Waals surface area contributed by atoms with Gasteiger partial charge in [-0.25, -0.2) is 9.97 Å². The molecule has 27 heavy (non-hydrogen) atoms. The molecular formula is C22H28N4O. The SMILES string of the molecule is c1cnc(N2CCC3(CCC(N4CCOCC4)c4ccccc43)CC2)nc1. The minimum Gasteiger partial charge on any atom is -0.379 e. The molecule has 2 fully saturated rings. The molecule has 1 aliphatic carbocycles. The average Bonchev–Trinajstić information content (AvgIpc) is 2.76. The van der Waals surface area contributed by atoms with E-state index in [1.165, 1.54) is 25.7 Å². The Morgan fingerprint density at radius 1 is 0.889 bits per heavy atom. The second-order valence-electron chi connectivity index (χ2n) is 8.11. The Kier molecular flexibility index (Phi) is 4.58. The molecule has 142 valence electrons. The van der Waals surface area contributed by atoms with Gasteiger partial charge in [0.2, 0.25) is 5.95 Å². The molecule has 1 spiro atoms. The summed E-state index contributed by atoms with van der Waals surface area (Å²) in [5, 5.41) is 0. The number of aromatic nitrogens is 2. The molecule has 5 nitrogen and oxygen atoms in total. The monoisotopic (exact) mass is 364 g/mol. The Morgan fingerprint density at radius 3 is 2.41 bits per heavy atom. The summed E-state index contributed by atoms with van der Waals surface area (Å²) in [4.78, 5) is 13.9. The van der Waals surface area contributed by atoms with Crippen LogP contribution in [-0.2, 0) is 10.2 Å². The molecule has 0 radical (unpaired) electrons. The first kappa shape index (κ1) is 17.1. The molecule has 0 amide bonds. The van der Waals surface area contributed by atoms with Gasteiger partial charge in [0.25, 0.3) is 0 Å². The first-order valence-corrected chi connectivity index (χ1v) is 10.3. The van der Waals surface area contributed by atoms with Gasteiger partial charge in [0, 0.05) is 44.6 Å². The van der Waals surface area contributed by atoms with Gasteiger partial charge in [0.1, 0.15) is 0 Å². The second kappa shape index (κ2) is 7.21. The molecule has 2 aromatic rings. The Balaban J connectivity index is 1.39. The Hall–Kier alpha value is -1.98. The van der Waals surface area contributed by atoms with Crippen molar-refractivity contribution in [3.05, 3.63) is 53.9 Å². The molecule has 5 heteroatoms. The largest absolute Gasteiger partial charge is 0.379 e. The highest BCUT2D eigenvalue weighted by molar-refractivity contribution is 5.42. The minimum absolute atomic E-state index is 0.324. The van der Waals surface area contributed by atoms with E-state index < -0.39 is 0 Å². The molecule has 3 aliphatic rings. The highest BCUT2D eigenvalue weighted by Crippen LogP contribution is 2.49. The summed E-state index contributed by atoms with van der Waals surface area (Å²) in [7, 11) is 0. The van der Waals surface area contributed by atoms with Crippen molar-refractivity contribution in [2.75, 3.05) is 44.3 Å². The summed E-state index contributed by atoms with van der Waals surface area (Å²) in [5.74, 6) is 0.877. The van der Waals surface area contributed by atoms with E-state index in [-0.39, 0.29) is 0 Å². The maximum absolute atomic E-state index is 5.58. The van der Waals surface area contributed by atoms with Crippen LogP contribution < -0.4 is 4.90 Å². The van der Waals surface area contributed by atoms with Crippen LogP contribution in [-0.4, -0.2) is 54.3 Å². The predicted molar refractivity (Wildman–Crippen MR) is 106 cm³/mol. The topological polar surface area (TPSA) is 41.5 Å². The van der Waals surface area contributed by atoms with Crippen molar-refractivity contribution in [3.8, 4) is 0 Å². The maximum Gasteiger partial charge on any atom is 0.225 e. The van der Waals surface area contributed by atoms with Crippen molar-refractivity contribution in [3.63, 3.8) is 0 Å². The van der Waals surface area contributed by atoms with E-state index in [0.717, 1.165) is 45.3 Å². The van der Waals surface area contributed by atoms with Crippen LogP contribution in [0, 0.1) is 0 Å². The molecule has 1 unspecified atom stereocenters. The molecule has 1 aromatic heterocycles. The number of fused-ring (bicyclic) bond motifs is 2. The van der Waals surface area contributed by atoms with Crippen molar-refractivity contribution in [2.24, 2.45) is 0 Å². The number of hydrogen-bond donors (Lipinski definition) is 0. The van der Waals surface area contributed by atoms with Gasteiger partial charge in [-0.05, 0) is 48.3 Å². The van der Waals surface area contributed by atoms with E-state index in [1.807, 2.05) is 18.5 Å². The third-order valence-electron chi connectivity index (χ3n) is 6.83. The molecule has 1 atom stereocenters. The summed E-state index contributed by atoms with van der Waals surface area (Å²) in [6, 6.07) is 11.7. The van der Waals surface area contributed by atoms with E-state index in [0.29, 0.717) is 11.5 Å². The molecular weight excluding hydrogens is 336 g/mol. The highest BCUT2D eigenvalue weighted by atomic mass is 16.5. The van der Waals surface area contributed by atoms with Crippen LogP contribution >= 0.6 is 0 Å². The fraction of sp³-hybridized carbons (Fsp3) is 0.545. The normalized spacial score (nSPS) is 25.3. The zero-order chi connectivity index (χ0) is 18.1. The third kappa shape index (κ3) is 3.13. The van der Waals surface area contributed by atoms with Crippen molar-refractivity contribution in [1.82, 2.24) is 14.9 Å². The molecule has 0 saturated carbocycles. The maximum atomic E-state index is 5.58. The quantitative estimate of drug-likeness (QED) is 0.819. The van der Waals surface area contributed by atoms with Gasteiger partial charge >= 0.3 is 0 Å². The number of piperidine rings is 1. The van der Waals surface area contributed by atoms with Gasteiger partial charge in [0.05, 0.1) is 13.2 Å². The van der Waals surface area contributed by atoms with Gasteiger partial charge in [-0.3, -0.25) is 4.90 Å². The molecule has 1 aromatic carbocycles. The fourth-order valence-electron chi connectivity index (χ4n) is 5.35. The van der Waals surface area contributed by atoms with Crippen LogP contribution in [0.4, 0.5) is 5.95 Å². The van der Waals surface area contributed by atoms with Crippen LogP contribution in [0.2, 0.25) is 0 Å². The van der Waals surface area contributed by atoms with E-state index in [1.54, 1.807) is 11.1 Å². The highest BCUT2D eigenvalue weighted by Gasteiger charge is 2.43. The third-order valence-corrected chi connectivity index (χ3v) is 6.83. The molecule has 0 N–H and O–H groups in total. The molecule has 2 saturated heterocycles. The molecule has 3 heterocycles. The molecule has 2 aliphatic heterocycles. The van der Waals surface area contributed by atoms with Gasteiger partial charge in [0.15, 0.2) is 0 Å².